The number of unbranched alkanes of at least 4 members (excludes halogenated alkanes) is 4. The van der Waals surface area contributed by atoms with Gasteiger partial charge in [0.1, 0.15) is 18.1 Å². The summed E-state index contributed by atoms with van der Waals surface area (Å²) in [5.41, 5.74) is 3.56. The lowest BCUT2D eigenvalue weighted by Crippen LogP contribution is -2.58. The number of benzene rings is 3. The molecule has 0 radical (unpaired) electrons. The Hall–Kier alpha value is -4.93. The Morgan fingerprint density at radius 2 is 1.57 bits per heavy atom. The lowest BCUT2D eigenvalue weighted by atomic mass is 9.80. The number of aromatic nitrogens is 2. The molecule has 3 atom stereocenters. The maximum Gasteiger partial charge on any atom is 0.251 e. The largest absolute Gasteiger partial charge is 0.494 e. The van der Waals surface area contributed by atoms with E-state index in [-0.39, 0.29) is 31.3 Å². The van der Waals surface area contributed by atoms with Gasteiger partial charge in [-0.1, -0.05) is 102 Å². The first-order valence-corrected chi connectivity index (χ1v) is 19.0. The zero-order valence-corrected chi connectivity index (χ0v) is 32.0. The highest BCUT2D eigenvalue weighted by molar-refractivity contribution is 5.97. The van der Waals surface area contributed by atoms with Crippen LogP contribution in [-0.4, -0.2) is 81.6 Å². The number of aliphatic hydroxyl groups is 2. The maximum atomic E-state index is 14.0. The maximum absolute atomic E-state index is 14.0. The van der Waals surface area contributed by atoms with E-state index in [1.165, 1.54) is 30.6 Å². The average Bonchev–Trinajstić information content (AvgIpc) is 3.18. The number of aliphatic hydroxyl groups excluding tert-OH is 2. The minimum atomic E-state index is -1.27. The first kappa shape index (κ1) is 40.3. The fourth-order valence-electron chi connectivity index (χ4n) is 6.78. The molecule has 1 aliphatic heterocycles. The number of nitrogens with zero attached hydrogens (tertiary/aromatic N) is 3. The summed E-state index contributed by atoms with van der Waals surface area (Å²) < 4.78 is 5.90. The number of amides is 2. The van der Waals surface area contributed by atoms with Crippen LogP contribution in [0.15, 0.2) is 85.2 Å². The van der Waals surface area contributed by atoms with Crippen LogP contribution < -0.4 is 10.1 Å². The fourth-order valence-corrected chi connectivity index (χ4v) is 6.78. The Bertz CT molecular complexity index is 1820. The molecule has 1 aliphatic rings. The molecule has 2 heterocycles. The number of ether oxygens (including phenoxy) is 1. The predicted octanol–water partition coefficient (Wildman–Crippen LogP) is 6.57. The van der Waals surface area contributed by atoms with Crippen molar-refractivity contribution >= 4 is 18.1 Å². The molecule has 4 aromatic rings. The van der Waals surface area contributed by atoms with E-state index in [1.54, 1.807) is 24.5 Å². The lowest BCUT2D eigenvalue weighted by molar-refractivity contribution is -0.144. The lowest BCUT2D eigenvalue weighted by Gasteiger charge is -2.41. The predicted molar refractivity (Wildman–Crippen MR) is 210 cm³/mol. The van der Waals surface area contributed by atoms with E-state index in [1.807, 2.05) is 60.7 Å². The van der Waals surface area contributed by atoms with E-state index in [2.05, 4.69) is 43.0 Å². The van der Waals surface area contributed by atoms with Crippen molar-refractivity contribution in [2.24, 2.45) is 5.41 Å². The molecule has 286 valence electrons. The Labute approximate surface area is 319 Å². The zero-order valence-electron chi connectivity index (χ0n) is 32.0. The SMILES string of the molecule is CCCCCCCOc1ccc(-c2cnc(-c3ccc(C[C@H](NC(=O)c4ccc(C(C)(C)C)cc4)C(=O)N4CC(O)CC(C=O)(CO)C4)cc3)nc2)cc1. The van der Waals surface area contributed by atoms with Gasteiger partial charge in [0.15, 0.2) is 5.82 Å². The van der Waals surface area contributed by atoms with Crippen LogP contribution in [-0.2, 0) is 21.4 Å². The normalized spacial score (nSPS) is 17.8. The van der Waals surface area contributed by atoms with Gasteiger partial charge in [-0.05, 0) is 59.2 Å². The first-order chi connectivity index (χ1) is 25.9. The number of likely N-dealkylation sites (tertiary alicyclic amines) is 1. The van der Waals surface area contributed by atoms with Crippen molar-refractivity contribution in [2.45, 2.75) is 90.2 Å². The number of piperidine rings is 1. The quantitative estimate of drug-likeness (QED) is 0.0868. The molecule has 0 bridgehead atoms. The van der Waals surface area contributed by atoms with Crippen LogP contribution in [0.2, 0.25) is 0 Å². The Morgan fingerprint density at radius 1 is 0.926 bits per heavy atom. The van der Waals surface area contributed by atoms with Gasteiger partial charge in [-0.25, -0.2) is 9.97 Å². The van der Waals surface area contributed by atoms with Crippen molar-refractivity contribution in [1.29, 1.82) is 0 Å². The van der Waals surface area contributed by atoms with E-state index in [0.717, 1.165) is 40.0 Å². The van der Waals surface area contributed by atoms with Crippen molar-refractivity contribution in [3.05, 3.63) is 102 Å². The molecule has 0 aliphatic carbocycles. The van der Waals surface area contributed by atoms with E-state index >= 15 is 0 Å². The Balaban J connectivity index is 1.27. The van der Waals surface area contributed by atoms with Crippen LogP contribution in [0.25, 0.3) is 22.5 Å². The molecule has 1 aromatic heterocycles. The van der Waals surface area contributed by atoms with Crippen molar-refractivity contribution in [1.82, 2.24) is 20.2 Å². The molecule has 5 rings (SSSR count). The van der Waals surface area contributed by atoms with Gasteiger partial charge >= 0.3 is 0 Å². The highest BCUT2D eigenvalue weighted by Crippen LogP contribution is 2.29. The molecule has 0 saturated carbocycles. The van der Waals surface area contributed by atoms with Gasteiger partial charge < -0.3 is 30.0 Å². The Morgan fingerprint density at radius 3 is 2.19 bits per heavy atom. The van der Waals surface area contributed by atoms with Gasteiger partial charge in [-0.3, -0.25) is 9.59 Å². The number of carbonyl (C=O) groups excluding carboxylic acids is 3. The van der Waals surface area contributed by atoms with E-state index in [0.29, 0.717) is 24.3 Å². The zero-order chi connectivity index (χ0) is 38.7. The minimum absolute atomic E-state index is 0.00946. The Kier molecular flexibility index (Phi) is 13.7. The standard InChI is InChI=1S/C44H54N4O6/c1-5-6-7-8-9-22-54-38-20-16-32(17-21-38)35-25-45-40(46-26-35)33-12-10-31(11-13-33)23-39(42(53)48-27-37(51)24-44(28-48,29-49)30-50)47-41(52)34-14-18-36(19-15-34)43(2,3)4/h10-21,25-26,29,37,39,50-51H,5-9,22-24,27-28,30H2,1-4H3,(H,47,52)/t37?,39-,44?/m0/s1. The van der Waals surface area contributed by atoms with E-state index in [9.17, 15) is 24.6 Å². The second kappa shape index (κ2) is 18.4. The summed E-state index contributed by atoms with van der Waals surface area (Å²) in [4.78, 5) is 50.1. The number of hydrogen-bond donors (Lipinski definition) is 3. The summed E-state index contributed by atoms with van der Waals surface area (Å²) in [6, 6.07) is 21.7. The molecule has 3 aromatic carbocycles. The van der Waals surface area contributed by atoms with Gasteiger partial charge in [-0.2, -0.15) is 0 Å². The van der Waals surface area contributed by atoms with Crippen LogP contribution in [0.4, 0.5) is 0 Å². The molecule has 54 heavy (non-hydrogen) atoms. The van der Waals surface area contributed by atoms with Crippen molar-refractivity contribution in [3.8, 4) is 28.3 Å². The summed E-state index contributed by atoms with van der Waals surface area (Å²) in [5.74, 6) is 0.528. The molecule has 10 nitrogen and oxygen atoms in total. The summed E-state index contributed by atoms with van der Waals surface area (Å²) in [7, 11) is 0. The van der Waals surface area contributed by atoms with E-state index < -0.39 is 36.0 Å². The van der Waals surface area contributed by atoms with Crippen LogP contribution in [0.5, 0.6) is 5.75 Å². The molecular weight excluding hydrogens is 681 g/mol. The van der Waals surface area contributed by atoms with E-state index in [4.69, 9.17) is 4.74 Å². The summed E-state index contributed by atoms with van der Waals surface area (Å²) in [6.45, 7) is 8.64. The average molecular weight is 735 g/mol. The van der Waals surface area contributed by atoms with Gasteiger partial charge in [0.05, 0.1) is 24.7 Å². The van der Waals surface area contributed by atoms with Gasteiger partial charge in [0.2, 0.25) is 5.91 Å². The second-order valence-corrected chi connectivity index (χ2v) is 15.6. The van der Waals surface area contributed by atoms with Gasteiger partial charge in [0.25, 0.3) is 5.91 Å². The van der Waals surface area contributed by atoms with Crippen molar-refractivity contribution in [2.75, 3.05) is 26.3 Å². The second-order valence-electron chi connectivity index (χ2n) is 15.6. The third kappa shape index (κ3) is 10.6. The van der Waals surface area contributed by atoms with Crippen LogP contribution >= 0.6 is 0 Å². The molecule has 3 N–H and O–H groups in total. The number of hydrogen-bond acceptors (Lipinski definition) is 8. The summed E-state index contributed by atoms with van der Waals surface area (Å²) in [6.07, 6.45) is 9.39. The number of aldehydes is 1. The fraction of sp³-hybridized carbons (Fsp3) is 0.432. The molecule has 2 amide bonds. The van der Waals surface area contributed by atoms with Crippen LogP contribution in [0.3, 0.4) is 0 Å². The molecule has 0 spiro atoms. The van der Waals surface area contributed by atoms with Gasteiger partial charge in [0, 0.05) is 48.6 Å². The number of rotatable bonds is 16. The first-order valence-electron chi connectivity index (χ1n) is 19.0. The molecular formula is C44H54N4O6. The minimum Gasteiger partial charge on any atom is -0.494 e. The molecule has 1 fully saturated rings. The summed E-state index contributed by atoms with van der Waals surface area (Å²) >= 11 is 0. The number of β-amino-alcohol motifs (C(OH)–C–C–N with tert-alkyl or cyclic N) is 1. The van der Waals surface area contributed by atoms with Crippen LogP contribution in [0, 0.1) is 5.41 Å². The van der Waals surface area contributed by atoms with Gasteiger partial charge in [-0.15, -0.1) is 0 Å². The number of carbonyl (C=O) groups is 3. The molecule has 2 unspecified atom stereocenters. The number of nitrogens with one attached hydrogen (secondary N) is 1. The van der Waals surface area contributed by atoms with Crippen molar-refractivity contribution < 1.29 is 29.3 Å². The highest BCUT2D eigenvalue weighted by Gasteiger charge is 2.42. The monoisotopic (exact) mass is 734 g/mol. The van der Waals surface area contributed by atoms with Crippen molar-refractivity contribution in [3.63, 3.8) is 0 Å². The molecule has 1 saturated heterocycles. The molecule has 10 heteroatoms. The topological polar surface area (TPSA) is 142 Å². The highest BCUT2D eigenvalue weighted by atomic mass is 16.5. The third-order valence-electron chi connectivity index (χ3n) is 10.1. The smallest absolute Gasteiger partial charge is 0.251 e. The van der Waals surface area contributed by atoms with Crippen LogP contribution in [0.1, 0.15) is 87.7 Å². The summed E-state index contributed by atoms with van der Waals surface area (Å²) in [5, 5.41) is 23.5. The third-order valence-corrected chi connectivity index (χ3v) is 10.1.